The fourth-order valence-electron chi connectivity index (χ4n) is 4.25. The van der Waals surface area contributed by atoms with E-state index in [-0.39, 0.29) is 11.6 Å². The van der Waals surface area contributed by atoms with Crippen molar-refractivity contribution in [2.24, 2.45) is 0 Å². The average molecular weight is 473 g/mol. The van der Waals surface area contributed by atoms with Gasteiger partial charge in [-0.1, -0.05) is 31.5 Å². The molecule has 4 aromatic heterocycles. The summed E-state index contributed by atoms with van der Waals surface area (Å²) in [6.45, 7) is 8.20. The molecule has 0 saturated carbocycles. The molecule has 0 bridgehead atoms. The fraction of sp³-hybridized carbons (Fsp3) is 0.308. The Morgan fingerprint density at radius 2 is 1.91 bits per heavy atom. The predicted octanol–water partition coefficient (Wildman–Crippen LogP) is 5.62. The van der Waals surface area contributed by atoms with E-state index in [0.717, 1.165) is 52.4 Å². The normalized spacial score (nSPS) is 12.5. The van der Waals surface area contributed by atoms with Gasteiger partial charge in [0.05, 0.1) is 17.1 Å². The monoisotopic (exact) mass is 472 g/mol. The molecule has 0 spiro atoms. The van der Waals surface area contributed by atoms with Crippen LogP contribution in [0.15, 0.2) is 53.5 Å². The smallest absolute Gasteiger partial charge is 0.282 e. The lowest BCUT2D eigenvalue weighted by Crippen LogP contribution is -2.29. The number of nitrogens with zero attached hydrogens (tertiary/aromatic N) is 5. The molecule has 174 valence electrons. The Morgan fingerprint density at radius 3 is 2.68 bits per heavy atom. The lowest BCUT2D eigenvalue weighted by Gasteiger charge is -2.20. The third-order valence-corrected chi connectivity index (χ3v) is 6.93. The second-order valence-corrected chi connectivity index (χ2v) is 9.89. The number of rotatable bonds is 7. The largest absolute Gasteiger partial charge is 0.360 e. The van der Waals surface area contributed by atoms with E-state index in [2.05, 4.69) is 25.2 Å². The number of anilines is 1. The molecule has 8 heteroatoms. The standard InChI is InChI=1S/C26H28N6OS/c1-5-6-12-21-28-23(20-15-17(3)34-25(20)29-21)27-18(4)24-30-31-14-13-16(2)22(31)26(33)32(24)19-10-8-7-9-11-19/h7-11,13-15,18H,5-6,12H2,1-4H3,(H,27,28,29)/t18-/m0/s1. The first-order chi connectivity index (χ1) is 16.5. The van der Waals surface area contributed by atoms with Crippen molar-refractivity contribution in [3.05, 3.63) is 81.1 Å². The second-order valence-electron chi connectivity index (χ2n) is 8.66. The SMILES string of the molecule is CCCCc1nc(N[C@@H](C)c2nn3ccc(C)c3c(=O)n2-c2ccccc2)c2cc(C)sc2n1. The van der Waals surface area contributed by atoms with Crippen LogP contribution in [-0.2, 0) is 6.42 Å². The van der Waals surface area contributed by atoms with Crippen LogP contribution in [0.3, 0.4) is 0 Å². The van der Waals surface area contributed by atoms with Gasteiger partial charge in [0.25, 0.3) is 5.56 Å². The predicted molar refractivity (Wildman–Crippen MR) is 138 cm³/mol. The first kappa shape index (κ1) is 22.3. The van der Waals surface area contributed by atoms with Crippen LogP contribution in [-0.4, -0.2) is 24.1 Å². The van der Waals surface area contributed by atoms with Gasteiger partial charge in [-0.3, -0.25) is 9.36 Å². The number of unbranched alkanes of at least 4 members (excludes halogenated alkanes) is 1. The van der Waals surface area contributed by atoms with Crippen LogP contribution >= 0.6 is 11.3 Å². The van der Waals surface area contributed by atoms with Gasteiger partial charge in [-0.05, 0) is 57.0 Å². The number of benzene rings is 1. The molecule has 0 aliphatic carbocycles. The molecule has 0 fully saturated rings. The molecule has 4 heterocycles. The van der Waals surface area contributed by atoms with E-state index < -0.39 is 0 Å². The Bertz CT molecular complexity index is 1530. The highest BCUT2D eigenvalue weighted by Gasteiger charge is 2.21. The number of aromatic nitrogens is 5. The van der Waals surface area contributed by atoms with E-state index in [1.54, 1.807) is 20.4 Å². The Balaban J connectivity index is 1.64. The molecule has 5 rings (SSSR count). The minimum absolute atomic E-state index is 0.0878. The molecule has 0 aliphatic heterocycles. The van der Waals surface area contributed by atoms with Crippen LogP contribution in [0, 0.1) is 13.8 Å². The number of fused-ring (bicyclic) bond motifs is 2. The van der Waals surface area contributed by atoms with Crippen molar-refractivity contribution in [1.29, 1.82) is 0 Å². The molecule has 0 unspecified atom stereocenters. The van der Waals surface area contributed by atoms with Gasteiger partial charge >= 0.3 is 0 Å². The highest BCUT2D eigenvalue weighted by Crippen LogP contribution is 2.31. The van der Waals surface area contributed by atoms with Crippen molar-refractivity contribution in [3.63, 3.8) is 0 Å². The van der Waals surface area contributed by atoms with Gasteiger partial charge < -0.3 is 5.32 Å². The number of thiophene rings is 1. The highest BCUT2D eigenvalue weighted by atomic mass is 32.1. The van der Waals surface area contributed by atoms with Gasteiger partial charge in [-0.2, -0.15) is 5.10 Å². The molecule has 1 aromatic carbocycles. The summed E-state index contributed by atoms with van der Waals surface area (Å²) in [5.41, 5.74) is 2.19. The summed E-state index contributed by atoms with van der Waals surface area (Å²) >= 11 is 1.68. The molecule has 0 amide bonds. The molecular weight excluding hydrogens is 444 g/mol. The van der Waals surface area contributed by atoms with Crippen molar-refractivity contribution in [1.82, 2.24) is 24.1 Å². The van der Waals surface area contributed by atoms with Crippen molar-refractivity contribution >= 4 is 32.9 Å². The molecule has 34 heavy (non-hydrogen) atoms. The minimum atomic E-state index is -0.280. The quantitative estimate of drug-likeness (QED) is 0.333. The van der Waals surface area contributed by atoms with Crippen LogP contribution in [0.2, 0.25) is 0 Å². The van der Waals surface area contributed by atoms with Crippen molar-refractivity contribution < 1.29 is 0 Å². The number of hydrogen-bond donors (Lipinski definition) is 1. The van der Waals surface area contributed by atoms with Crippen molar-refractivity contribution in [2.45, 2.75) is 53.0 Å². The Hall–Kier alpha value is -3.52. The number of hydrogen-bond acceptors (Lipinski definition) is 6. The van der Waals surface area contributed by atoms with Crippen molar-refractivity contribution in [2.75, 3.05) is 5.32 Å². The molecule has 0 saturated heterocycles. The maximum Gasteiger partial charge on any atom is 0.282 e. The average Bonchev–Trinajstić information content (AvgIpc) is 3.40. The molecule has 1 atom stereocenters. The summed E-state index contributed by atoms with van der Waals surface area (Å²) in [6.07, 6.45) is 4.82. The molecule has 0 radical (unpaired) electrons. The van der Waals surface area contributed by atoms with Crippen molar-refractivity contribution in [3.8, 4) is 5.69 Å². The van der Waals surface area contributed by atoms with Crippen LogP contribution in [0.4, 0.5) is 5.82 Å². The summed E-state index contributed by atoms with van der Waals surface area (Å²) in [4.78, 5) is 25.5. The van der Waals surface area contributed by atoms with Crippen LogP contribution < -0.4 is 10.9 Å². The molecule has 1 N–H and O–H groups in total. The third-order valence-electron chi connectivity index (χ3n) is 5.98. The maximum absolute atomic E-state index is 13.6. The van der Waals surface area contributed by atoms with E-state index in [9.17, 15) is 4.79 Å². The van der Waals surface area contributed by atoms with Gasteiger partial charge in [0.1, 0.15) is 22.0 Å². The summed E-state index contributed by atoms with van der Waals surface area (Å²) in [6, 6.07) is 13.4. The van der Waals surface area contributed by atoms with Gasteiger partial charge in [-0.15, -0.1) is 11.3 Å². The summed E-state index contributed by atoms with van der Waals surface area (Å²) < 4.78 is 3.39. The Morgan fingerprint density at radius 1 is 1.12 bits per heavy atom. The van der Waals surface area contributed by atoms with Gasteiger partial charge in [0.15, 0.2) is 5.82 Å². The van der Waals surface area contributed by atoms with E-state index in [0.29, 0.717) is 11.3 Å². The summed E-state index contributed by atoms with van der Waals surface area (Å²) in [5, 5.41) is 9.42. The maximum atomic E-state index is 13.6. The van der Waals surface area contributed by atoms with E-state index in [1.165, 1.54) is 4.88 Å². The Labute approximate surface area is 202 Å². The first-order valence-corrected chi connectivity index (χ1v) is 12.5. The summed E-state index contributed by atoms with van der Waals surface area (Å²) in [5.74, 6) is 2.24. The Kier molecular flexibility index (Phi) is 5.91. The number of para-hydroxylation sites is 1. The van der Waals surface area contributed by atoms with E-state index in [1.807, 2.05) is 56.4 Å². The molecular formula is C26H28N6OS. The second kappa shape index (κ2) is 9.02. The van der Waals surface area contributed by atoms with Gasteiger partial charge in [-0.25, -0.2) is 14.5 Å². The van der Waals surface area contributed by atoms with Crippen LogP contribution in [0.25, 0.3) is 21.4 Å². The minimum Gasteiger partial charge on any atom is -0.360 e. The zero-order valence-corrected chi connectivity index (χ0v) is 20.7. The zero-order valence-electron chi connectivity index (χ0n) is 19.9. The van der Waals surface area contributed by atoms with Crippen LogP contribution in [0.1, 0.15) is 54.8 Å². The lowest BCUT2D eigenvalue weighted by atomic mass is 10.2. The number of nitrogens with one attached hydrogen (secondary N) is 1. The van der Waals surface area contributed by atoms with Gasteiger partial charge in [0, 0.05) is 17.5 Å². The topological polar surface area (TPSA) is 77.1 Å². The van der Waals surface area contributed by atoms with E-state index in [4.69, 9.17) is 15.1 Å². The van der Waals surface area contributed by atoms with E-state index >= 15 is 0 Å². The van der Waals surface area contributed by atoms with Gasteiger partial charge in [0.2, 0.25) is 0 Å². The number of aryl methyl sites for hydroxylation is 3. The molecule has 5 aromatic rings. The molecule has 0 aliphatic rings. The molecule has 7 nitrogen and oxygen atoms in total. The van der Waals surface area contributed by atoms with Crippen LogP contribution in [0.5, 0.6) is 0 Å². The summed E-state index contributed by atoms with van der Waals surface area (Å²) in [7, 11) is 0. The lowest BCUT2D eigenvalue weighted by molar-refractivity contribution is 0.671. The fourth-order valence-corrected chi connectivity index (χ4v) is 5.15. The third kappa shape index (κ3) is 3.98. The first-order valence-electron chi connectivity index (χ1n) is 11.7. The highest BCUT2D eigenvalue weighted by molar-refractivity contribution is 7.18. The zero-order chi connectivity index (χ0) is 23.8.